The second-order valence-electron chi connectivity index (χ2n) is 5.54. The minimum absolute atomic E-state index is 0.0949. The SMILES string of the molecule is O=CN1CCN(C(=O)C[NH+]2CCC(C(=O)[O-])CC2)CC1. The van der Waals surface area contributed by atoms with Gasteiger partial charge in [0.15, 0.2) is 6.54 Å². The molecule has 0 radical (unpaired) electrons. The molecule has 0 aromatic rings. The van der Waals surface area contributed by atoms with Crippen LogP contribution in [0.2, 0.25) is 0 Å². The zero-order chi connectivity index (χ0) is 14.5. The number of piperazine rings is 1. The van der Waals surface area contributed by atoms with Crippen molar-refractivity contribution in [3.05, 3.63) is 0 Å². The lowest BCUT2D eigenvalue weighted by Crippen LogP contribution is -3.14. The number of carboxylic acid groups (broad SMARTS) is 1. The highest BCUT2D eigenvalue weighted by molar-refractivity contribution is 5.77. The molecule has 0 spiro atoms. The van der Waals surface area contributed by atoms with Gasteiger partial charge in [0.25, 0.3) is 5.91 Å². The number of hydrogen-bond donors (Lipinski definition) is 1. The number of amides is 2. The van der Waals surface area contributed by atoms with Crippen molar-refractivity contribution < 1.29 is 24.4 Å². The molecule has 2 heterocycles. The van der Waals surface area contributed by atoms with E-state index in [2.05, 4.69) is 0 Å². The average molecular weight is 283 g/mol. The molecule has 2 saturated heterocycles. The highest BCUT2D eigenvalue weighted by Gasteiger charge is 2.27. The van der Waals surface area contributed by atoms with E-state index < -0.39 is 5.97 Å². The van der Waals surface area contributed by atoms with E-state index >= 15 is 0 Å². The predicted molar refractivity (Wildman–Crippen MR) is 67.5 cm³/mol. The first-order valence-corrected chi connectivity index (χ1v) is 7.11. The number of rotatable bonds is 4. The summed E-state index contributed by atoms with van der Waals surface area (Å²) in [6.45, 7) is 4.20. The standard InChI is InChI=1S/C13H21N3O4/c17-10-15-5-7-16(8-6-15)12(18)9-14-3-1-11(2-4-14)13(19)20/h10-11H,1-9H2,(H,19,20). The molecular weight excluding hydrogens is 262 g/mol. The molecule has 7 heteroatoms. The van der Waals surface area contributed by atoms with E-state index in [9.17, 15) is 19.5 Å². The molecule has 2 amide bonds. The molecule has 0 bridgehead atoms. The minimum Gasteiger partial charge on any atom is -0.550 e. The number of hydrogen-bond acceptors (Lipinski definition) is 4. The number of carbonyl (C=O) groups excluding carboxylic acids is 3. The van der Waals surface area contributed by atoms with E-state index in [1.54, 1.807) is 9.80 Å². The van der Waals surface area contributed by atoms with Crippen LogP contribution < -0.4 is 10.0 Å². The summed E-state index contributed by atoms with van der Waals surface area (Å²) in [5.74, 6) is -1.23. The molecule has 2 aliphatic rings. The highest BCUT2D eigenvalue weighted by atomic mass is 16.4. The average Bonchev–Trinajstić information content (AvgIpc) is 2.48. The fraction of sp³-hybridized carbons (Fsp3) is 0.769. The van der Waals surface area contributed by atoms with Gasteiger partial charge in [0.05, 0.1) is 13.1 Å². The summed E-state index contributed by atoms with van der Waals surface area (Å²) in [6, 6.07) is 0. The Morgan fingerprint density at radius 2 is 1.75 bits per heavy atom. The largest absolute Gasteiger partial charge is 0.550 e. The molecule has 2 rings (SSSR count). The molecule has 0 aliphatic carbocycles. The lowest BCUT2D eigenvalue weighted by atomic mass is 9.97. The normalized spacial score (nSPS) is 27.2. The maximum absolute atomic E-state index is 12.1. The molecule has 7 nitrogen and oxygen atoms in total. The van der Waals surface area contributed by atoms with Crippen molar-refractivity contribution in [2.75, 3.05) is 45.8 Å². The van der Waals surface area contributed by atoms with Crippen LogP contribution in [0, 0.1) is 5.92 Å². The second kappa shape index (κ2) is 6.69. The third-order valence-electron chi connectivity index (χ3n) is 4.24. The Morgan fingerprint density at radius 3 is 2.25 bits per heavy atom. The van der Waals surface area contributed by atoms with Crippen molar-refractivity contribution in [1.29, 1.82) is 0 Å². The molecule has 1 N–H and O–H groups in total. The highest BCUT2D eigenvalue weighted by Crippen LogP contribution is 2.07. The first-order chi connectivity index (χ1) is 9.60. The van der Waals surface area contributed by atoms with Gasteiger partial charge in [0.1, 0.15) is 0 Å². The van der Waals surface area contributed by atoms with E-state index in [1.807, 2.05) is 0 Å². The zero-order valence-corrected chi connectivity index (χ0v) is 11.5. The molecular formula is C13H21N3O4. The van der Waals surface area contributed by atoms with Crippen molar-refractivity contribution in [2.24, 2.45) is 5.92 Å². The topological polar surface area (TPSA) is 85.2 Å². The van der Waals surface area contributed by atoms with Crippen LogP contribution >= 0.6 is 0 Å². The maximum Gasteiger partial charge on any atom is 0.277 e. The van der Waals surface area contributed by atoms with Crippen molar-refractivity contribution in [1.82, 2.24) is 9.80 Å². The van der Waals surface area contributed by atoms with E-state index in [-0.39, 0.29) is 11.8 Å². The molecule has 2 aliphatic heterocycles. The lowest BCUT2D eigenvalue weighted by molar-refractivity contribution is -0.898. The summed E-state index contributed by atoms with van der Waals surface area (Å²) in [6.07, 6.45) is 1.99. The predicted octanol–water partition coefficient (Wildman–Crippen LogP) is -3.67. The summed E-state index contributed by atoms with van der Waals surface area (Å²) < 4.78 is 0. The van der Waals surface area contributed by atoms with Crippen LogP contribution in [0.25, 0.3) is 0 Å². The van der Waals surface area contributed by atoms with Gasteiger partial charge in [-0.3, -0.25) is 9.59 Å². The monoisotopic (exact) mass is 283 g/mol. The molecule has 0 unspecified atom stereocenters. The van der Waals surface area contributed by atoms with Gasteiger partial charge >= 0.3 is 0 Å². The van der Waals surface area contributed by atoms with Crippen LogP contribution in [0.3, 0.4) is 0 Å². The summed E-state index contributed by atoms with van der Waals surface area (Å²) in [5.41, 5.74) is 0. The van der Waals surface area contributed by atoms with Crippen LogP contribution in [0.15, 0.2) is 0 Å². The summed E-state index contributed by atoms with van der Waals surface area (Å²) in [7, 11) is 0. The van der Waals surface area contributed by atoms with Crippen LogP contribution in [0.1, 0.15) is 12.8 Å². The Kier molecular flexibility index (Phi) is 4.94. The van der Waals surface area contributed by atoms with E-state index in [4.69, 9.17) is 0 Å². The fourth-order valence-corrected chi connectivity index (χ4v) is 2.84. The van der Waals surface area contributed by atoms with Crippen LogP contribution in [0.4, 0.5) is 0 Å². The molecule has 0 aromatic carbocycles. The number of quaternary nitrogens is 1. The summed E-state index contributed by atoms with van der Waals surface area (Å²) in [5, 5.41) is 10.8. The van der Waals surface area contributed by atoms with Crippen molar-refractivity contribution in [2.45, 2.75) is 12.8 Å². The van der Waals surface area contributed by atoms with Crippen molar-refractivity contribution in [3.8, 4) is 0 Å². The Balaban J connectivity index is 1.73. The Morgan fingerprint density at radius 1 is 1.15 bits per heavy atom. The lowest BCUT2D eigenvalue weighted by Gasteiger charge is -2.34. The number of piperidine rings is 1. The van der Waals surface area contributed by atoms with Crippen molar-refractivity contribution >= 4 is 18.3 Å². The first-order valence-electron chi connectivity index (χ1n) is 7.11. The Bertz CT molecular complexity index is 372. The number of nitrogens with zero attached hydrogens (tertiary/aromatic N) is 2. The van der Waals surface area contributed by atoms with Gasteiger partial charge in [0, 0.05) is 50.9 Å². The van der Waals surface area contributed by atoms with Gasteiger partial charge in [-0.1, -0.05) is 0 Å². The van der Waals surface area contributed by atoms with Gasteiger partial charge < -0.3 is 24.6 Å². The number of likely N-dealkylation sites (tertiary alicyclic amines) is 1. The van der Waals surface area contributed by atoms with Crippen LogP contribution in [-0.2, 0) is 14.4 Å². The van der Waals surface area contributed by atoms with Gasteiger partial charge in [-0.2, -0.15) is 0 Å². The molecule has 2 fully saturated rings. The first kappa shape index (κ1) is 14.8. The number of aliphatic carboxylic acids is 1. The third kappa shape index (κ3) is 3.69. The van der Waals surface area contributed by atoms with Crippen LogP contribution in [-0.4, -0.2) is 73.9 Å². The number of nitrogens with one attached hydrogen (secondary N) is 1. The maximum atomic E-state index is 12.1. The molecule has 20 heavy (non-hydrogen) atoms. The fourth-order valence-electron chi connectivity index (χ4n) is 2.84. The number of carbonyl (C=O) groups is 3. The Labute approximate surface area is 118 Å². The van der Waals surface area contributed by atoms with E-state index in [1.165, 1.54) is 0 Å². The zero-order valence-electron chi connectivity index (χ0n) is 11.5. The molecule has 0 aromatic heterocycles. The van der Waals surface area contributed by atoms with Gasteiger partial charge in [0.2, 0.25) is 6.41 Å². The van der Waals surface area contributed by atoms with Gasteiger partial charge in [-0.05, 0) is 0 Å². The second-order valence-corrected chi connectivity index (χ2v) is 5.54. The third-order valence-corrected chi connectivity index (χ3v) is 4.24. The van der Waals surface area contributed by atoms with Crippen LogP contribution in [0.5, 0.6) is 0 Å². The molecule has 0 saturated carbocycles. The van der Waals surface area contributed by atoms with Gasteiger partial charge in [-0.25, -0.2) is 0 Å². The number of carboxylic acids is 1. The Hall–Kier alpha value is -1.63. The van der Waals surface area contributed by atoms with Gasteiger partial charge in [-0.15, -0.1) is 0 Å². The quantitative estimate of drug-likeness (QED) is 0.539. The molecule has 0 atom stereocenters. The summed E-state index contributed by atoms with van der Waals surface area (Å²) >= 11 is 0. The smallest absolute Gasteiger partial charge is 0.277 e. The van der Waals surface area contributed by atoms with E-state index in [0.29, 0.717) is 58.7 Å². The minimum atomic E-state index is -0.972. The van der Waals surface area contributed by atoms with E-state index in [0.717, 1.165) is 11.3 Å². The van der Waals surface area contributed by atoms with Crippen molar-refractivity contribution in [3.63, 3.8) is 0 Å². The summed E-state index contributed by atoms with van der Waals surface area (Å²) in [4.78, 5) is 38.1. The molecule has 112 valence electrons.